The highest BCUT2D eigenvalue weighted by Crippen LogP contribution is 2.24. The number of carbonyl (C=O) groups excluding carboxylic acids is 2. The number of nitrogens with two attached hydrogens (primary N) is 1. The fraction of sp³-hybridized carbons (Fsp3) is 0.231. The summed E-state index contributed by atoms with van der Waals surface area (Å²) in [4.78, 5) is 22.1. The van der Waals surface area contributed by atoms with Crippen LogP contribution in [0.5, 0.6) is 0 Å². The first kappa shape index (κ1) is 12.6. The molecule has 0 saturated carbocycles. The van der Waals surface area contributed by atoms with Crippen molar-refractivity contribution in [2.24, 2.45) is 11.7 Å². The third kappa shape index (κ3) is 2.24. The molecule has 1 atom stereocenters. The van der Waals surface area contributed by atoms with Gasteiger partial charge >= 0.3 is 0 Å². The number of carbonyl (C=O) groups is 2. The highest BCUT2D eigenvalue weighted by Gasteiger charge is 2.13. The summed E-state index contributed by atoms with van der Waals surface area (Å²) in [7, 11) is 0. The Kier molecular flexibility index (Phi) is 3.39. The van der Waals surface area contributed by atoms with Crippen LogP contribution >= 0.6 is 11.6 Å². The molecule has 0 aliphatic rings. The van der Waals surface area contributed by atoms with Gasteiger partial charge in [0.15, 0.2) is 6.29 Å². The molecule has 1 aromatic carbocycles. The Morgan fingerprint density at radius 2 is 2.28 bits per heavy atom. The van der Waals surface area contributed by atoms with E-state index in [2.05, 4.69) is 0 Å². The van der Waals surface area contributed by atoms with Crippen LogP contribution in [0.25, 0.3) is 10.9 Å². The van der Waals surface area contributed by atoms with Gasteiger partial charge < -0.3 is 10.3 Å². The summed E-state index contributed by atoms with van der Waals surface area (Å²) < 4.78 is 1.83. The fourth-order valence-corrected chi connectivity index (χ4v) is 2.09. The van der Waals surface area contributed by atoms with Crippen LogP contribution in [-0.4, -0.2) is 16.8 Å². The molecule has 0 aliphatic heterocycles. The van der Waals surface area contributed by atoms with Crippen LogP contribution < -0.4 is 5.73 Å². The van der Waals surface area contributed by atoms with E-state index in [1.165, 1.54) is 0 Å². The zero-order valence-electron chi connectivity index (χ0n) is 9.89. The minimum atomic E-state index is -0.369. The zero-order chi connectivity index (χ0) is 13.3. The molecule has 0 radical (unpaired) electrons. The molecule has 94 valence electrons. The van der Waals surface area contributed by atoms with E-state index in [1.807, 2.05) is 4.57 Å². The van der Waals surface area contributed by atoms with Gasteiger partial charge in [0, 0.05) is 28.7 Å². The molecule has 0 saturated heterocycles. The van der Waals surface area contributed by atoms with Gasteiger partial charge in [-0.3, -0.25) is 9.59 Å². The number of aromatic nitrogens is 1. The summed E-state index contributed by atoms with van der Waals surface area (Å²) in [5.41, 5.74) is 6.66. The minimum absolute atomic E-state index is 0.306. The van der Waals surface area contributed by atoms with Gasteiger partial charge in [-0.1, -0.05) is 24.6 Å². The summed E-state index contributed by atoms with van der Waals surface area (Å²) in [5, 5.41) is 1.41. The molecule has 0 fully saturated rings. The predicted octanol–water partition coefficient (Wildman–Crippen LogP) is 2.23. The average Bonchev–Trinajstić information content (AvgIpc) is 2.66. The highest BCUT2D eigenvalue weighted by molar-refractivity contribution is 6.31. The maximum Gasteiger partial charge on any atom is 0.222 e. The Hall–Kier alpha value is -1.81. The van der Waals surface area contributed by atoms with Crippen LogP contribution in [-0.2, 0) is 11.3 Å². The molecule has 0 spiro atoms. The van der Waals surface area contributed by atoms with Crippen LogP contribution in [0.2, 0.25) is 5.02 Å². The van der Waals surface area contributed by atoms with Crippen LogP contribution in [0.1, 0.15) is 17.3 Å². The number of hydrogen-bond acceptors (Lipinski definition) is 2. The molecule has 1 aromatic heterocycles. The molecular formula is C13H13ClN2O2. The number of rotatable bonds is 4. The zero-order valence-corrected chi connectivity index (χ0v) is 10.6. The third-order valence-corrected chi connectivity index (χ3v) is 3.19. The van der Waals surface area contributed by atoms with E-state index in [9.17, 15) is 9.59 Å². The summed E-state index contributed by atoms with van der Waals surface area (Å²) >= 11 is 5.95. The van der Waals surface area contributed by atoms with E-state index >= 15 is 0 Å². The first-order chi connectivity index (χ1) is 8.52. The summed E-state index contributed by atoms with van der Waals surface area (Å²) in [6.07, 6.45) is 2.51. The smallest absolute Gasteiger partial charge is 0.222 e. The number of aldehydes is 1. The van der Waals surface area contributed by atoms with Crippen molar-refractivity contribution in [3.63, 3.8) is 0 Å². The number of halogens is 1. The number of benzene rings is 1. The Morgan fingerprint density at radius 3 is 2.89 bits per heavy atom. The van der Waals surface area contributed by atoms with Gasteiger partial charge in [0.2, 0.25) is 5.91 Å². The lowest BCUT2D eigenvalue weighted by atomic mass is 10.1. The second-order valence-corrected chi connectivity index (χ2v) is 4.76. The summed E-state index contributed by atoms with van der Waals surface area (Å²) in [5.74, 6) is -0.675. The first-order valence-corrected chi connectivity index (χ1v) is 5.93. The topological polar surface area (TPSA) is 65.1 Å². The molecule has 1 unspecified atom stereocenters. The van der Waals surface area contributed by atoms with Crippen LogP contribution in [0.3, 0.4) is 0 Å². The van der Waals surface area contributed by atoms with Crippen molar-refractivity contribution in [3.05, 3.63) is 35.0 Å². The number of amides is 1. The van der Waals surface area contributed by atoms with Crippen molar-refractivity contribution in [1.82, 2.24) is 4.57 Å². The Bertz CT molecular complexity index is 619. The maximum absolute atomic E-state index is 11.1. The van der Waals surface area contributed by atoms with Crippen molar-refractivity contribution >= 4 is 34.7 Å². The van der Waals surface area contributed by atoms with Gasteiger partial charge in [-0.25, -0.2) is 0 Å². The first-order valence-electron chi connectivity index (χ1n) is 5.56. The van der Waals surface area contributed by atoms with Gasteiger partial charge in [0.25, 0.3) is 0 Å². The predicted molar refractivity (Wildman–Crippen MR) is 70.7 cm³/mol. The van der Waals surface area contributed by atoms with E-state index in [0.717, 1.165) is 17.2 Å². The molecule has 0 aliphatic carbocycles. The third-order valence-electron chi connectivity index (χ3n) is 2.96. The molecule has 5 heteroatoms. The maximum atomic E-state index is 11.1. The number of primary amides is 1. The average molecular weight is 265 g/mol. The number of fused-ring (bicyclic) bond motifs is 1. The molecule has 2 rings (SSSR count). The van der Waals surface area contributed by atoms with Crippen molar-refractivity contribution in [2.75, 3.05) is 0 Å². The lowest BCUT2D eigenvalue weighted by Crippen LogP contribution is -2.24. The molecular weight excluding hydrogens is 252 g/mol. The second-order valence-electron chi connectivity index (χ2n) is 4.32. The molecule has 0 bridgehead atoms. The van der Waals surface area contributed by atoms with Crippen molar-refractivity contribution < 1.29 is 9.59 Å². The molecule has 4 nitrogen and oxygen atoms in total. The van der Waals surface area contributed by atoms with E-state index < -0.39 is 0 Å². The quantitative estimate of drug-likeness (QED) is 0.861. The molecule has 18 heavy (non-hydrogen) atoms. The largest absolute Gasteiger partial charge is 0.369 e. The van der Waals surface area contributed by atoms with Gasteiger partial charge in [-0.05, 0) is 12.1 Å². The lowest BCUT2D eigenvalue weighted by molar-refractivity contribution is -0.121. The fourth-order valence-electron chi connectivity index (χ4n) is 1.92. The van der Waals surface area contributed by atoms with Crippen LogP contribution in [0.15, 0.2) is 24.4 Å². The van der Waals surface area contributed by atoms with E-state index in [1.54, 1.807) is 31.3 Å². The van der Waals surface area contributed by atoms with E-state index in [0.29, 0.717) is 17.1 Å². The molecule has 1 heterocycles. The Balaban J connectivity index is 2.53. The van der Waals surface area contributed by atoms with E-state index in [-0.39, 0.29) is 11.8 Å². The van der Waals surface area contributed by atoms with Gasteiger partial charge in [-0.15, -0.1) is 0 Å². The molecule has 2 aromatic rings. The number of hydrogen-bond donors (Lipinski definition) is 1. The normalized spacial score (nSPS) is 12.6. The Morgan fingerprint density at radius 1 is 1.56 bits per heavy atom. The minimum Gasteiger partial charge on any atom is -0.369 e. The van der Waals surface area contributed by atoms with Crippen molar-refractivity contribution in [2.45, 2.75) is 13.5 Å². The van der Waals surface area contributed by atoms with Crippen LogP contribution in [0, 0.1) is 5.92 Å². The summed E-state index contributed by atoms with van der Waals surface area (Å²) in [6.45, 7) is 2.18. The van der Waals surface area contributed by atoms with Crippen LogP contribution in [0.4, 0.5) is 0 Å². The Labute approximate surface area is 109 Å². The highest BCUT2D eigenvalue weighted by atomic mass is 35.5. The van der Waals surface area contributed by atoms with Crippen molar-refractivity contribution in [1.29, 1.82) is 0 Å². The lowest BCUT2D eigenvalue weighted by Gasteiger charge is -2.09. The SMILES string of the molecule is CC(Cn1cc(C=O)c2ccc(Cl)cc21)C(N)=O. The van der Waals surface area contributed by atoms with Gasteiger partial charge in [0.05, 0.1) is 11.4 Å². The number of nitrogens with zero attached hydrogens (tertiary/aromatic N) is 1. The molecule has 1 amide bonds. The van der Waals surface area contributed by atoms with Gasteiger partial charge in [0.1, 0.15) is 0 Å². The standard InChI is InChI=1S/C13H13ClN2O2/c1-8(13(15)18)5-16-6-9(7-17)11-3-2-10(14)4-12(11)16/h2-4,6-8H,5H2,1H3,(H2,15,18). The summed E-state index contributed by atoms with van der Waals surface area (Å²) in [6, 6.07) is 5.31. The second kappa shape index (κ2) is 4.82. The van der Waals surface area contributed by atoms with Crippen molar-refractivity contribution in [3.8, 4) is 0 Å². The van der Waals surface area contributed by atoms with E-state index in [4.69, 9.17) is 17.3 Å². The van der Waals surface area contributed by atoms with Gasteiger partial charge in [-0.2, -0.15) is 0 Å². The molecule has 2 N–H and O–H groups in total. The monoisotopic (exact) mass is 264 g/mol.